The number of carbonyl (C=O) groups is 1. The number of halogens is 2. The Hall–Kier alpha value is -1.49. The zero-order chi connectivity index (χ0) is 14.4. The van der Waals surface area contributed by atoms with Gasteiger partial charge in [0.05, 0.1) is 6.61 Å². The van der Waals surface area contributed by atoms with Gasteiger partial charge in [-0.25, -0.2) is 8.78 Å². The largest absolute Gasteiger partial charge is 0.364 e. The van der Waals surface area contributed by atoms with Gasteiger partial charge < -0.3 is 10.1 Å². The van der Waals surface area contributed by atoms with E-state index in [-0.39, 0.29) is 18.4 Å². The third-order valence-electron chi connectivity index (χ3n) is 2.60. The lowest BCUT2D eigenvalue weighted by atomic mass is 10.1. The monoisotopic (exact) mass is 271 g/mol. The lowest BCUT2D eigenvalue weighted by Crippen LogP contribution is -2.35. The van der Waals surface area contributed by atoms with Crippen LogP contribution in [0.4, 0.5) is 8.78 Å². The summed E-state index contributed by atoms with van der Waals surface area (Å²) in [5, 5.41) is 2.52. The van der Waals surface area contributed by atoms with E-state index in [1.165, 1.54) is 19.2 Å². The van der Waals surface area contributed by atoms with E-state index in [9.17, 15) is 13.6 Å². The van der Waals surface area contributed by atoms with Crippen molar-refractivity contribution in [1.29, 1.82) is 0 Å². The predicted molar refractivity (Wildman–Crippen MR) is 68.5 cm³/mol. The highest BCUT2D eigenvalue weighted by atomic mass is 19.1. The maximum absolute atomic E-state index is 13.0. The van der Waals surface area contributed by atoms with Gasteiger partial charge in [-0.15, -0.1) is 0 Å². The molecule has 0 heterocycles. The average molecular weight is 271 g/mol. The van der Waals surface area contributed by atoms with Crippen LogP contribution in [0.1, 0.15) is 25.8 Å². The Morgan fingerprint density at radius 3 is 2.32 bits per heavy atom. The Morgan fingerprint density at radius 1 is 1.26 bits per heavy atom. The van der Waals surface area contributed by atoms with E-state index < -0.39 is 17.7 Å². The molecule has 0 saturated carbocycles. The lowest BCUT2D eigenvalue weighted by molar-refractivity contribution is -0.134. The molecule has 0 radical (unpaired) electrons. The van der Waals surface area contributed by atoms with Crippen molar-refractivity contribution in [3.05, 3.63) is 35.4 Å². The summed E-state index contributed by atoms with van der Waals surface area (Å²) in [6.07, 6.45) is -0.0615. The first kappa shape index (κ1) is 15.6. The number of likely N-dealkylation sites (N-methyl/N-ethyl adjacent to an activating group) is 1. The minimum Gasteiger partial charge on any atom is -0.364 e. The summed E-state index contributed by atoms with van der Waals surface area (Å²) >= 11 is 0. The second kappa shape index (κ2) is 7.19. The summed E-state index contributed by atoms with van der Waals surface area (Å²) in [4.78, 5) is 11.6. The third-order valence-corrected chi connectivity index (χ3v) is 2.60. The Bertz CT molecular complexity index is 415. The van der Waals surface area contributed by atoms with Crippen molar-refractivity contribution < 1.29 is 18.3 Å². The topological polar surface area (TPSA) is 38.3 Å². The van der Waals surface area contributed by atoms with Gasteiger partial charge in [0, 0.05) is 13.1 Å². The van der Waals surface area contributed by atoms with E-state index in [2.05, 4.69) is 5.32 Å². The van der Waals surface area contributed by atoms with Gasteiger partial charge >= 0.3 is 0 Å². The normalized spacial score (nSPS) is 12.5. The number of nitrogens with one attached hydrogen (secondary N) is 1. The predicted octanol–water partition coefficient (Wildman–Crippen LogP) is 2.64. The number of hydrogen-bond donors (Lipinski definition) is 1. The number of ether oxygens (including phenoxy) is 1. The molecule has 1 rings (SSSR count). The maximum Gasteiger partial charge on any atom is 0.248 e. The van der Waals surface area contributed by atoms with Gasteiger partial charge in [-0.2, -0.15) is 0 Å². The number of amides is 1. The molecule has 19 heavy (non-hydrogen) atoms. The Morgan fingerprint density at radius 2 is 1.84 bits per heavy atom. The number of benzene rings is 1. The first-order valence-corrected chi connectivity index (χ1v) is 6.20. The fourth-order valence-corrected chi connectivity index (χ4v) is 1.73. The molecular weight excluding hydrogens is 252 g/mol. The minimum absolute atomic E-state index is 0.000509. The number of rotatable bonds is 6. The van der Waals surface area contributed by atoms with Gasteiger partial charge in [0.15, 0.2) is 0 Å². The summed E-state index contributed by atoms with van der Waals surface area (Å²) in [6, 6.07) is 3.19. The summed E-state index contributed by atoms with van der Waals surface area (Å²) < 4.78 is 31.5. The third kappa shape index (κ3) is 5.34. The fourth-order valence-electron chi connectivity index (χ4n) is 1.73. The van der Waals surface area contributed by atoms with Crippen LogP contribution in [0.2, 0.25) is 0 Å². The highest BCUT2D eigenvalue weighted by molar-refractivity contribution is 5.80. The zero-order valence-electron chi connectivity index (χ0n) is 11.4. The van der Waals surface area contributed by atoms with Gasteiger partial charge in [-0.1, -0.05) is 13.8 Å². The van der Waals surface area contributed by atoms with E-state index in [0.717, 1.165) is 6.07 Å². The summed E-state index contributed by atoms with van der Waals surface area (Å²) in [7, 11) is 1.53. The first-order valence-electron chi connectivity index (χ1n) is 6.20. The zero-order valence-corrected chi connectivity index (χ0v) is 11.4. The molecule has 0 fully saturated rings. The Kier molecular flexibility index (Phi) is 5.89. The van der Waals surface area contributed by atoms with Crippen molar-refractivity contribution in [2.45, 2.75) is 33.0 Å². The molecule has 1 aromatic rings. The molecule has 1 unspecified atom stereocenters. The van der Waals surface area contributed by atoms with Gasteiger partial charge in [0.2, 0.25) is 5.91 Å². The molecule has 106 valence electrons. The van der Waals surface area contributed by atoms with Gasteiger partial charge in [0.25, 0.3) is 0 Å². The standard InChI is InChI=1S/C14H19F2NO2/c1-9(2)4-13(14(18)17-3)19-8-10-5-11(15)7-12(16)6-10/h5-7,9,13H,4,8H2,1-3H3,(H,17,18). The first-order chi connectivity index (χ1) is 8.92. The van der Waals surface area contributed by atoms with Crippen molar-refractivity contribution >= 4 is 5.91 Å². The summed E-state index contributed by atoms with van der Waals surface area (Å²) in [5.74, 6) is -1.25. The molecule has 1 atom stereocenters. The van der Waals surface area contributed by atoms with E-state index >= 15 is 0 Å². The lowest BCUT2D eigenvalue weighted by Gasteiger charge is -2.18. The summed E-state index contributed by atoms with van der Waals surface area (Å²) in [6.45, 7) is 3.95. The molecule has 1 amide bonds. The van der Waals surface area contributed by atoms with Crippen molar-refractivity contribution in [2.75, 3.05) is 7.05 Å². The van der Waals surface area contributed by atoms with Crippen LogP contribution < -0.4 is 5.32 Å². The maximum atomic E-state index is 13.0. The molecule has 0 bridgehead atoms. The van der Waals surface area contributed by atoms with Crippen LogP contribution in [0.15, 0.2) is 18.2 Å². The second-order valence-corrected chi connectivity index (χ2v) is 4.82. The average Bonchev–Trinajstić information content (AvgIpc) is 2.31. The quantitative estimate of drug-likeness (QED) is 0.863. The molecule has 1 N–H and O–H groups in total. The van der Waals surface area contributed by atoms with Crippen LogP contribution in [0, 0.1) is 17.6 Å². The molecule has 0 aliphatic heterocycles. The smallest absolute Gasteiger partial charge is 0.248 e. The fraction of sp³-hybridized carbons (Fsp3) is 0.500. The van der Waals surface area contributed by atoms with E-state index in [4.69, 9.17) is 4.74 Å². The van der Waals surface area contributed by atoms with Gasteiger partial charge in [-0.3, -0.25) is 4.79 Å². The second-order valence-electron chi connectivity index (χ2n) is 4.82. The van der Waals surface area contributed by atoms with Crippen molar-refractivity contribution in [2.24, 2.45) is 5.92 Å². The summed E-state index contributed by atoms with van der Waals surface area (Å²) in [5.41, 5.74) is 0.371. The highest BCUT2D eigenvalue weighted by Gasteiger charge is 2.19. The van der Waals surface area contributed by atoms with E-state index in [0.29, 0.717) is 12.0 Å². The molecule has 0 spiro atoms. The number of hydrogen-bond acceptors (Lipinski definition) is 2. The van der Waals surface area contributed by atoms with Gasteiger partial charge in [-0.05, 0) is 30.0 Å². The highest BCUT2D eigenvalue weighted by Crippen LogP contribution is 2.13. The van der Waals surface area contributed by atoms with Crippen molar-refractivity contribution in [1.82, 2.24) is 5.32 Å². The molecule has 3 nitrogen and oxygen atoms in total. The van der Waals surface area contributed by atoms with Gasteiger partial charge in [0.1, 0.15) is 17.7 Å². The van der Waals surface area contributed by atoms with Crippen molar-refractivity contribution in [3.8, 4) is 0 Å². The van der Waals surface area contributed by atoms with Crippen LogP contribution in [0.25, 0.3) is 0 Å². The molecule has 0 aromatic heterocycles. The van der Waals surface area contributed by atoms with Crippen LogP contribution in [0.5, 0.6) is 0 Å². The molecule has 0 aliphatic rings. The van der Waals surface area contributed by atoms with Crippen LogP contribution in [-0.2, 0) is 16.1 Å². The van der Waals surface area contributed by atoms with E-state index in [1.54, 1.807) is 0 Å². The van der Waals surface area contributed by atoms with Crippen molar-refractivity contribution in [3.63, 3.8) is 0 Å². The van der Waals surface area contributed by atoms with Crippen LogP contribution >= 0.6 is 0 Å². The molecular formula is C14H19F2NO2. The molecule has 0 aliphatic carbocycles. The Labute approximate surface area is 112 Å². The number of carbonyl (C=O) groups excluding carboxylic acids is 1. The van der Waals surface area contributed by atoms with Crippen LogP contribution in [0.3, 0.4) is 0 Å². The minimum atomic E-state index is -0.654. The van der Waals surface area contributed by atoms with E-state index in [1.807, 2.05) is 13.8 Å². The molecule has 5 heteroatoms. The SMILES string of the molecule is CNC(=O)C(CC(C)C)OCc1cc(F)cc(F)c1. The van der Waals surface area contributed by atoms with Crippen LogP contribution in [-0.4, -0.2) is 19.1 Å². The molecule has 0 saturated heterocycles. The molecule has 1 aromatic carbocycles. The Balaban J connectivity index is 2.67.